The topological polar surface area (TPSA) is 152 Å². The molecule has 11 heteroatoms. The molecule has 3 N–H and O–H groups in total. The third-order valence-corrected chi connectivity index (χ3v) is 0. The Morgan fingerprint density at radius 3 is 1.18 bits per heavy atom. The quantitative estimate of drug-likeness (QED) is 0.220. The van der Waals surface area contributed by atoms with Gasteiger partial charge in [-0.1, -0.05) is 0 Å². The van der Waals surface area contributed by atoms with Crippen LogP contribution < -0.4 is 51.4 Å². The zero-order chi connectivity index (χ0) is 9.00. The summed E-state index contributed by atoms with van der Waals surface area (Å²) < 4.78 is 64.7. The molecule has 64 valence electrons. The van der Waals surface area contributed by atoms with Crippen LogP contribution in [0.1, 0.15) is 0 Å². The fraction of sp³-hybridized carbons (Fsp3) is 0. The minimum atomic E-state index is -5.25. The average molecular weight is 254 g/mol. The average Bonchev–Trinajstić information content (AvgIpc) is 1.12. The van der Waals surface area contributed by atoms with Crippen molar-refractivity contribution in [3.8, 4) is 0 Å². The first-order chi connectivity index (χ1) is 4.00. The van der Waals surface area contributed by atoms with Crippen molar-refractivity contribution in [3.05, 3.63) is 0 Å². The molecular weight excluding hydrogens is 251 g/mol. The van der Waals surface area contributed by atoms with E-state index in [1.807, 2.05) is 0 Å². The Morgan fingerprint density at radius 2 is 1.18 bits per heavy atom. The van der Waals surface area contributed by atoms with Crippen LogP contribution in [0.2, 0.25) is 0 Å². The van der Waals surface area contributed by atoms with Crippen molar-refractivity contribution in [3.63, 3.8) is 0 Å². The van der Waals surface area contributed by atoms with Gasteiger partial charge in [0.1, 0.15) is 0 Å². The van der Waals surface area contributed by atoms with Gasteiger partial charge in [-0.15, -0.1) is 0 Å². The second kappa shape index (κ2) is 7.01. The minimum absolute atomic E-state index is 0. The number of rotatable bonds is 0. The summed E-state index contributed by atoms with van der Waals surface area (Å²) in [6.45, 7) is 0. The molecule has 0 rings (SSSR count). The van der Waals surface area contributed by atoms with Gasteiger partial charge in [0, 0.05) is 0 Å². The van der Waals surface area contributed by atoms with Crippen molar-refractivity contribution in [1.29, 1.82) is 0 Å². The van der Waals surface area contributed by atoms with Gasteiger partial charge in [0.15, 0.2) is 0 Å². The first kappa shape index (κ1) is 18.4. The molecule has 0 spiro atoms. The molecule has 0 amide bonds. The molecule has 0 atom stereocenters. The van der Waals surface area contributed by atoms with Crippen LogP contribution in [0.4, 0.5) is 0 Å². The van der Waals surface area contributed by atoms with Gasteiger partial charge < -0.3 is 4.55 Å². The predicted octanol–water partition coefficient (Wildman–Crippen LogP) is -5.35. The maximum absolute atomic E-state index is 8.82. The summed E-state index contributed by atoms with van der Waals surface area (Å²) in [5.74, 6) is 0. The van der Waals surface area contributed by atoms with Crippen molar-refractivity contribution < 1.29 is 98.4 Å². The van der Waals surface area contributed by atoms with Crippen molar-refractivity contribution >= 4 is 10.4 Å². The van der Waals surface area contributed by atoms with Gasteiger partial charge in [-0.3, -0.25) is 4.55 Å². The van der Waals surface area contributed by atoms with E-state index in [9.17, 15) is 0 Å². The molecule has 0 aliphatic carbocycles. The molecule has 0 fully saturated rings. The van der Waals surface area contributed by atoms with Gasteiger partial charge in [0.25, 0.3) is 0 Å². The second-order valence-corrected chi connectivity index (χ2v) is 3.13. The fourth-order valence-corrected chi connectivity index (χ4v) is 0. The second-order valence-electron chi connectivity index (χ2n) is 0.876. The standard InChI is InChI=1S/Cr.K.H2O4S.2H2O.2O/c;;1-5(2,3)4;;;;/h;;(H2,1,2,3,4);2*1H2;;/q+2;+1;;;;;/p-3. The van der Waals surface area contributed by atoms with E-state index in [-0.39, 0.29) is 51.4 Å². The monoisotopic (exact) mass is 254 g/mol. The van der Waals surface area contributed by atoms with Crippen LogP contribution in [-0.2, 0) is 31.6 Å². The number of hydrogen-bond acceptors (Lipinski definition) is 5. The third kappa shape index (κ3) is 435. The molecule has 0 aromatic carbocycles. The van der Waals surface area contributed by atoms with Crippen molar-refractivity contribution in [1.82, 2.24) is 0 Å². The van der Waals surface area contributed by atoms with E-state index in [0.717, 1.165) is 0 Å². The van der Waals surface area contributed by atoms with Crippen LogP contribution >= 0.6 is 0 Å². The van der Waals surface area contributed by atoms with Crippen LogP contribution in [0.3, 0.4) is 0 Å². The molecule has 11 heavy (non-hydrogen) atoms. The Balaban J connectivity index is -0.000000107. The van der Waals surface area contributed by atoms with Gasteiger partial charge in [-0.05, 0) is 0 Å². The SMILES string of the molecule is O=S(=O)([O-])O.[K+].[O]=[Cr](=[O])([OH])[OH]. The van der Waals surface area contributed by atoms with Crippen LogP contribution in [0.15, 0.2) is 0 Å². The molecular formula is H3CrKO8S. The molecule has 0 aliphatic heterocycles. The summed E-state index contributed by atoms with van der Waals surface area (Å²) >= 11 is -5.25. The molecule has 0 aliphatic rings. The van der Waals surface area contributed by atoms with E-state index >= 15 is 0 Å². The first-order valence-corrected chi connectivity index (χ1v) is 4.93. The molecule has 0 aromatic rings. The van der Waals surface area contributed by atoms with E-state index in [4.69, 9.17) is 33.4 Å². The van der Waals surface area contributed by atoms with Gasteiger partial charge in [-0.2, -0.15) is 0 Å². The molecule has 0 radical (unpaired) electrons. The Bertz CT molecular complexity index is 210. The fourth-order valence-electron chi connectivity index (χ4n) is 0. The summed E-state index contributed by atoms with van der Waals surface area (Å²) in [6.07, 6.45) is 0. The summed E-state index contributed by atoms with van der Waals surface area (Å²) in [5.41, 5.74) is 0. The summed E-state index contributed by atoms with van der Waals surface area (Å²) in [4.78, 5) is 0. The molecule has 0 aromatic heterocycles. The Labute approximate surface area is 107 Å². The van der Waals surface area contributed by atoms with Gasteiger partial charge >= 0.3 is 80.9 Å². The zero-order valence-corrected chi connectivity index (χ0v) is 10.4. The molecule has 0 saturated heterocycles. The van der Waals surface area contributed by atoms with Crippen LogP contribution in [0.25, 0.3) is 0 Å². The molecule has 0 heterocycles. The van der Waals surface area contributed by atoms with Gasteiger partial charge in [0.05, 0.1) is 0 Å². The zero-order valence-electron chi connectivity index (χ0n) is 5.20. The van der Waals surface area contributed by atoms with Crippen LogP contribution in [0, 0.1) is 0 Å². The summed E-state index contributed by atoms with van der Waals surface area (Å²) in [6, 6.07) is 0. The van der Waals surface area contributed by atoms with Crippen molar-refractivity contribution in [2.75, 3.05) is 0 Å². The maximum atomic E-state index is 8.82. The Hall–Kier alpha value is 1.56. The summed E-state index contributed by atoms with van der Waals surface area (Å²) in [5, 5.41) is 0. The molecule has 0 unspecified atom stereocenters. The van der Waals surface area contributed by atoms with Crippen molar-refractivity contribution in [2.24, 2.45) is 0 Å². The van der Waals surface area contributed by atoms with E-state index in [0.29, 0.717) is 0 Å². The van der Waals surface area contributed by atoms with E-state index in [1.165, 1.54) is 0 Å². The summed E-state index contributed by atoms with van der Waals surface area (Å²) in [7, 11) is -4.92. The normalized spacial score (nSPS) is 10.5. The van der Waals surface area contributed by atoms with E-state index < -0.39 is 24.0 Å². The molecule has 0 bridgehead atoms. The van der Waals surface area contributed by atoms with E-state index in [2.05, 4.69) is 0 Å². The Kier molecular flexibility index (Phi) is 11.7. The van der Waals surface area contributed by atoms with Crippen molar-refractivity contribution in [2.45, 2.75) is 0 Å². The number of hydrogen-bond donors (Lipinski definition) is 3. The van der Waals surface area contributed by atoms with Crippen LogP contribution in [0.5, 0.6) is 0 Å². The molecule has 8 nitrogen and oxygen atoms in total. The van der Waals surface area contributed by atoms with Gasteiger partial charge in [0.2, 0.25) is 10.4 Å². The molecule has 0 saturated carbocycles. The Morgan fingerprint density at radius 1 is 1.18 bits per heavy atom. The third-order valence-electron chi connectivity index (χ3n) is 0. The first-order valence-electron chi connectivity index (χ1n) is 1.38. The van der Waals surface area contributed by atoms with E-state index in [1.54, 1.807) is 0 Å². The van der Waals surface area contributed by atoms with Gasteiger partial charge in [-0.25, -0.2) is 8.42 Å². The van der Waals surface area contributed by atoms with Crippen LogP contribution in [-0.4, -0.2) is 25.8 Å². The predicted molar refractivity (Wildman–Crippen MR) is 18.1 cm³/mol.